The Morgan fingerprint density at radius 2 is 1.94 bits per heavy atom. The number of rotatable bonds is 8. The quantitative estimate of drug-likeness (QED) is 0.492. The molecule has 98 valence electrons. The third-order valence-electron chi connectivity index (χ3n) is 4.75. The van der Waals surface area contributed by atoms with Crippen molar-refractivity contribution in [3.05, 3.63) is 12.2 Å². The van der Waals surface area contributed by atoms with Crippen molar-refractivity contribution in [3.63, 3.8) is 0 Å². The fraction of sp³-hybridized carbons (Fsp3) is 0.875. The van der Waals surface area contributed by atoms with E-state index in [4.69, 9.17) is 0 Å². The van der Waals surface area contributed by atoms with Crippen LogP contribution in [0, 0.1) is 17.8 Å². The van der Waals surface area contributed by atoms with Gasteiger partial charge in [-0.25, -0.2) is 0 Å². The van der Waals surface area contributed by atoms with Crippen molar-refractivity contribution in [2.24, 2.45) is 17.8 Å². The van der Waals surface area contributed by atoms with Crippen LogP contribution in [0.15, 0.2) is 12.2 Å². The van der Waals surface area contributed by atoms with Crippen LogP contribution < -0.4 is 0 Å². The van der Waals surface area contributed by atoms with Crippen LogP contribution in [0.1, 0.15) is 64.7 Å². The molecule has 1 nitrogen and oxygen atoms in total. The molecule has 1 heteroatoms. The first-order valence-corrected chi connectivity index (χ1v) is 7.66. The van der Waals surface area contributed by atoms with Gasteiger partial charge in [0.15, 0.2) is 0 Å². The highest BCUT2D eigenvalue weighted by molar-refractivity contribution is 5.09. The lowest BCUT2D eigenvalue weighted by Gasteiger charge is -2.17. The Morgan fingerprint density at radius 1 is 1.12 bits per heavy atom. The Labute approximate surface area is 106 Å². The largest absolute Gasteiger partial charge is 0.393 e. The fourth-order valence-electron chi connectivity index (χ4n) is 3.57. The molecule has 1 fully saturated rings. The van der Waals surface area contributed by atoms with Gasteiger partial charge in [0.2, 0.25) is 0 Å². The van der Waals surface area contributed by atoms with Crippen molar-refractivity contribution < 1.29 is 5.11 Å². The van der Waals surface area contributed by atoms with Crippen molar-refractivity contribution in [1.29, 1.82) is 0 Å². The van der Waals surface area contributed by atoms with Gasteiger partial charge in [0.25, 0.3) is 0 Å². The molecule has 0 aromatic carbocycles. The van der Waals surface area contributed by atoms with Gasteiger partial charge in [0, 0.05) is 0 Å². The summed E-state index contributed by atoms with van der Waals surface area (Å²) in [6.07, 6.45) is 16.4. The van der Waals surface area contributed by atoms with E-state index in [1.165, 1.54) is 44.9 Å². The van der Waals surface area contributed by atoms with E-state index in [1.54, 1.807) is 0 Å². The fourth-order valence-corrected chi connectivity index (χ4v) is 3.57. The third-order valence-corrected chi connectivity index (χ3v) is 4.75. The van der Waals surface area contributed by atoms with Gasteiger partial charge < -0.3 is 5.11 Å². The summed E-state index contributed by atoms with van der Waals surface area (Å²) in [5.41, 5.74) is 0. The average molecular weight is 236 g/mol. The topological polar surface area (TPSA) is 20.2 Å². The van der Waals surface area contributed by atoms with E-state index in [9.17, 15) is 5.11 Å². The first-order chi connectivity index (χ1) is 8.29. The molecule has 0 amide bonds. The average Bonchev–Trinajstić information content (AvgIpc) is 2.95. The molecule has 1 N–H and O–H groups in total. The summed E-state index contributed by atoms with van der Waals surface area (Å²) in [5.74, 6) is 2.87. The van der Waals surface area contributed by atoms with Crippen LogP contribution in [-0.2, 0) is 0 Å². The number of fused-ring (bicyclic) bond motifs is 2. The first-order valence-electron chi connectivity index (χ1n) is 7.66. The van der Waals surface area contributed by atoms with Crippen molar-refractivity contribution in [2.45, 2.75) is 70.8 Å². The molecule has 17 heavy (non-hydrogen) atoms. The highest BCUT2D eigenvalue weighted by atomic mass is 16.3. The Morgan fingerprint density at radius 3 is 2.59 bits per heavy atom. The number of hydrogen-bond acceptors (Lipinski definition) is 1. The molecule has 2 bridgehead atoms. The van der Waals surface area contributed by atoms with Gasteiger partial charge >= 0.3 is 0 Å². The molecule has 0 saturated heterocycles. The van der Waals surface area contributed by atoms with E-state index >= 15 is 0 Å². The van der Waals surface area contributed by atoms with E-state index in [0.29, 0.717) is 0 Å². The standard InChI is InChI=1S/C16H28O/c1-2-16(17)8-6-4-3-5-7-14-11-13-9-10-15(14)12-13/h9-10,13-17H,2-8,11-12H2,1H3. The zero-order valence-electron chi connectivity index (χ0n) is 11.3. The van der Waals surface area contributed by atoms with E-state index in [-0.39, 0.29) is 6.10 Å². The molecule has 0 spiro atoms. The lowest BCUT2D eigenvalue weighted by atomic mass is 9.88. The molecule has 4 atom stereocenters. The van der Waals surface area contributed by atoms with Crippen LogP contribution in [0.25, 0.3) is 0 Å². The van der Waals surface area contributed by atoms with Crippen molar-refractivity contribution >= 4 is 0 Å². The maximum Gasteiger partial charge on any atom is 0.0537 e. The Hall–Kier alpha value is -0.300. The molecule has 0 aromatic rings. The van der Waals surface area contributed by atoms with Crippen LogP contribution in [0.3, 0.4) is 0 Å². The Balaban J connectivity index is 1.46. The lowest BCUT2D eigenvalue weighted by Crippen LogP contribution is -2.06. The summed E-state index contributed by atoms with van der Waals surface area (Å²) in [4.78, 5) is 0. The Bertz CT molecular complexity index is 246. The molecule has 0 aliphatic heterocycles. The zero-order chi connectivity index (χ0) is 12.1. The molecular formula is C16H28O. The monoisotopic (exact) mass is 236 g/mol. The van der Waals surface area contributed by atoms with Gasteiger partial charge in [0.1, 0.15) is 0 Å². The highest BCUT2D eigenvalue weighted by Gasteiger charge is 2.34. The van der Waals surface area contributed by atoms with Gasteiger partial charge in [-0.05, 0) is 49.9 Å². The first kappa shape index (κ1) is 13.1. The number of unbranched alkanes of at least 4 members (excludes halogenated alkanes) is 3. The summed E-state index contributed by atoms with van der Waals surface area (Å²) < 4.78 is 0. The highest BCUT2D eigenvalue weighted by Crippen LogP contribution is 2.45. The summed E-state index contributed by atoms with van der Waals surface area (Å²) in [6.45, 7) is 2.06. The second kappa shape index (κ2) is 6.58. The van der Waals surface area contributed by atoms with Gasteiger partial charge in [-0.15, -0.1) is 0 Å². The molecule has 1 saturated carbocycles. The van der Waals surface area contributed by atoms with Crippen LogP contribution in [0.2, 0.25) is 0 Å². The van der Waals surface area contributed by atoms with E-state index in [1.807, 2.05) is 0 Å². The minimum absolute atomic E-state index is 0.0503. The lowest BCUT2D eigenvalue weighted by molar-refractivity contribution is 0.156. The second-order valence-corrected chi connectivity index (χ2v) is 6.09. The third kappa shape index (κ3) is 3.84. The zero-order valence-corrected chi connectivity index (χ0v) is 11.3. The molecule has 2 aliphatic carbocycles. The minimum Gasteiger partial charge on any atom is -0.393 e. The van der Waals surface area contributed by atoms with Crippen LogP contribution in [0.4, 0.5) is 0 Å². The molecule has 2 aliphatic rings. The SMILES string of the molecule is CCC(O)CCCCCCC1CC2C=CC1C2. The van der Waals surface area contributed by atoms with E-state index in [0.717, 1.165) is 30.6 Å². The molecule has 4 unspecified atom stereocenters. The smallest absolute Gasteiger partial charge is 0.0537 e. The van der Waals surface area contributed by atoms with E-state index in [2.05, 4.69) is 19.1 Å². The summed E-state index contributed by atoms with van der Waals surface area (Å²) in [7, 11) is 0. The molecule has 0 aromatic heterocycles. The van der Waals surface area contributed by atoms with Crippen LogP contribution >= 0.6 is 0 Å². The minimum atomic E-state index is -0.0503. The van der Waals surface area contributed by atoms with Crippen LogP contribution in [0.5, 0.6) is 0 Å². The predicted molar refractivity (Wildman–Crippen MR) is 72.8 cm³/mol. The van der Waals surface area contributed by atoms with Gasteiger partial charge in [-0.1, -0.05) is 44.8 Å². The second-order valence-electron chi connectivity index (χ2n) is 6.09. The normalized spacial score (nSPS) is 32.2. The Kier molecular flexibility index (Phi) is 5.09. The molecular weight excluding hydrogens is 208 g/mol. The van der Waals surface area contributed by atoms with Gasteiger partial charge in [-0.2, -0.15) is 0 Å². The molecule has 0 radical (unpaired) electrons. The maximum absolute atomic E-state index is 9.45. The molecule has 0 heterocycles. The van der Waals surface area contributed by atoms with Crippen molar-refractivity contribution in [3.8, 4) is 0 Å². The number of hydrogen-bond donors (Lipinski definition) is 1. The number of aliphatic hydroxyl groups excluding tert-OH is 1. The molecule has 2 rings (SSSR count). The van der Waals surface area contributed by atoms with Crippen LogP contribution in [-0.4, -0.2) is 11.2 Å². The maximum atomic E-state index is 9.45. The van der Waals surface area contributed by atoms with E-state index < -0.39 is 0 Å². The van der Waals surface area contributed by atoms with Gasteiger partial charge in [0.05, 0.1) is 6.10 Å². The predicted octanol–water partition coefficient (Wildman–Crippen LogP) is 4.31. The van der Waals surface area contributed by atoms with Crippen molar-refractivity contribution in [1.82, 2.24) is 0 Å². The summed E-state index contributed by atoms with van der Waals surface area (Å²) in [5, 5.41) is 9.45. The van der Waals surface area contributed by atoms with Crippen molar-refractivity contribution in [2.75, 3.05) is 0 Å². The van der Waals surface area contributed by atoms with Gasteiger partial charge in [-0.3, -0.25) is 0 Å². The number of aliphatic hydroxyl groups is 1. The summed E-state index contributed by atoms with van der Waals surface area (Å²) in [6, 6.07) is 0. The number of allylic oxidation sites excluding steroid dienone is 2. The summed E-state index contributed by atoms with van der Waals surface area (Å²) >= 11 is 0.